The Hall–Kier alpha value is -2.62. The Balaban J connectivity index is 3.38. The summed E-state index contributed by atoms with van der Waals surface area (Å²) in [5.74, 6) is 0. The summed E-state index contributed by atoms with van der Waals surface area (Å²) < 4.78 is 0. The van der Waals surface area contributed by atoms with E-state index in [2.05, 4.69) is 9.98 Å². The van der Waals surface area contributed by atoms with E-state index in [0.29, 0.717) is 0 Å². The van der Waals surface area contributed by atoms with E-state index in [1.807, 2.05) is 0 Å². The van der Waals surface area contributed by atoms with Gasteiger partial charge in [0.25, 0.3) is 5.69 Å². The summed E-state index contributed by atoms with van der Waals surface area (Å²) >= 11 is 0. The second-order valence-electron chi connectivity index (χ2n) is 2.34. The van der Waals surface area contributed by atoms with Gasteiger partial charge in [0, 0.05) is 6.07 Å². The van der Waals surface area contributed by atoms with E-state index in [9.17, 15) is 19.7 Å². The van der Waals surface area contributed by atoms with Crippen molar-refractivity contribution in [2.75, 3.05) is 0 Å². The quantitative estimate of drug-likeness (QED) is 0.323. The first-order chi connectivity index (χ1) is 7.19. The minimum Gasteiger partial charge on any atom is -0.258 e. The SMILES string of the molecule is O=C=Nc1ccc(N=C=O)c([N+](=O)[O-])c1. The molecule has 7 heteroatoms. The molecule has 0 heterocycles. The molecular weight excluding hydrogens is 202 g/mol. The van der Waals surface area contributed by atoms with E-state index in [0.717, 1.165) is 6.07 Å². The molecule has 0 saturated heterocycles. The van der Waals surface area contributed by atoms with E-state index < -0.39 is 10.6 Å². The van der Waals surface area contributed by atoms with Gasteiger partial charge in [0.15, 0.2) is 5.69 Å². The van der Waals surface area contributed by atoms with Crippen molar-refractivity contribution in [2.24, 2.45) is 9.98 Å². The first kappa shape index (κ1) is 10.5. The fourth-order valence-electron chi connectivity index (χ4n) is 0.924. The molecule has 0 radical (unpaired) electrons. The predicted molar refractivity (Wildman–Crippen MR) is 48.7 cm³/mol. The number of nitro groups is 1. The van der Waals surface area contributed by atoms with Gasteiger partial charge < -0.3 is 0 Å². The predicted octanol–water partition coefficient (Wildman–Crippen LogP) is 1.53. The van der Waals surface area contributed by atoms with Gasteiger partial charge in [-0.25, -0.2) is 9.59 Å². The maximum Gasteiger partial charge on any atom is 0.297 e. The van der Waals surface area contributed by atoms with Crippen LogP contribution in [0, 0.1) is 10.1 Å². The zero-order valence-corrected chi connectivity index (χ0v) is 7.21. The minimum absolute atomic E-state index is 0.0709. The first-order valence-electron chi connectivity index (χ1n) is 3.63. The van der Waals surface area contributed by atoms with Crippen LogP contribution in [-0.2, 0) is 9.59 Å². The first-order valence-corrected chi connectivity index (χ1v) is 3.63. The van der Waals surface area contributed by atoms with Crippen molar-refractivity contribution in [1.29, 1.82) is 0 Å². The summed E-state index contributed by atoms with van der Waals surface area (Å²) in [6, 6.07) is 3.51. The molecule has 0 atom stereocenters. The molecule has 0 aliphatic heterocycles. The number of benzene rings is 1. The Kier molecular flexibility index (Phi) is 3.19. The molecule has 0 saturated carbocycles. The molecule has 0 aliphatic carbocycles. The highest BCUT2D eigenvalue weighted by molar-refractivity contribution is 5.67. The number of nitro benzene ring substituents is 1. The Labute approximate surface area is 82.9 Å². The highest BCUT2D eigenvalue weighted by Crippen LogP contribution is 2.30. The van der Waals surface area contributed by atoms with Gasteiger partial charge in [-0.3, -0.25) is 10.1 Å². The van der Waals surface area contributed by atoms with Crippen molar-refractivity contribution in [1.82, 2.24) is 0 Å². The van der Waals surface area contributed by atoms with Crippen LogP contribution in [-0.4, -0.2) is 17.1 Å². The van der Waals surface area contributed by atoms with Gasteiger partial charge in [-0.2, -0.15) is 9.98 Å². The third kappa shape index (κ3) is 2.41. The zero-order valence-electron chi connectivity index (χ0n) is 7.21. The largest absolute Gasteiger partial charge is 0.297 e. The van der Waals surface area contributed by atoms with Crippen LogP contribution < -0.4 is 0 Å². The molecule has 0 aromatic heterocycles. The maximum absolute atomic E-state index is 10.5. The molecule has 0 spiro atoms. The van der Waals surface area contributed by atoms with Crippen LogP contribution in [0.4, 0.5) is 17.1 Å². The van der Waals surface area contributed by atoms with Gasteiger partial charge in [-0.05, 0) is 12.1 Å². The van der Waals surface area contributed by atoms with Crippen LogP contribution in [0.15, 0.2) is 28.2 Å². The van der Waals surface area contributed by atoms with Crippen LogP contribution in [0.1, 0.15) is 0 Å². The summed E-state index contributed by atoms with van der Waals surface area (Å²) in [6.07, 6.45) is 2.44. The van der Waals surface area contributed by atoms with Gasteiger partial charge >= 0.3 is 0 Å². The van der Waals surface area contributed by atoms with Crippen LogP contribution in [0.2, 0.25) is 0 Å². The van der Waals surface area contributed by atoms with Crippen molar-refractivity contribution in [3.05, 3.63) is 28.3 Å². The fourth-order valence-corrected chi connectivity index (χ4v) is 0.924. The number of rotatable bonds is 3. The summed E-state index contributed by atoms with van der Waals surface area (Å²) in [6.45, 7) is 0. The lowest BCUT2D eigenvalue weighted by atomic mass is 10.2. The molecule has 0 amide bonds. The molecule has 1 rings (SSSR count). The molecule has 0 aliphatic rings. The molecule has 0 bridgehead atoms. The monoisotopic (exact) mass is 205 g/mol. The average Bonchev–Trinajstić information content (AvgIpc) is 2.21. The zero-order chi connectivity index (χ0) is 11.3. The van der Waals surface area contributed by atoms with E-state index in [1.165, 1.54) is 24.3 Å². The number of nitrogens with zero attached hydrogens (tertiary/aromatic N) is 3. The Morgan fingerprint density at radius 2 is 1.87 bits per heavy atom. The Morgan fingerprint density at radius 1 is 1.20 bits per heavy atom. The molecule has 1 aromatic carbocycles. The number of isocyanates is 2. The van der Waals surface area contributed by atoms with Crippen molar-refractivity contribution in [2.45, 2.75) is 0 Å². The molecule has 0 unspecified atom stereocenters. The Morgan fingerprint density at radius 3 is 2.40 bits per heavy atom. The average molecular weight is 205 g/mol. The summed E-state index contributed by atoms with van der Waals surface area (Å²) in [5.41, 5.74) is -0.490. The summed E-state index contributed by atoms with van der Waals surface area (Å²) in [5, 5.41) is 10.5. The molecular formula is C8H3N3O4. The number of aliphatic imine (C=N–C) groups is 2. The maximum atomic E-state index is 10.5. The number of carbonyl (C=O) groups excluding carboxylic acids is 2. The van der Waals surface area contributed by atoms with E-state index >= 15 is 0 Å². The highest BCUT2D eigenvalue weighted by Gasteiger charge is 2.13. The van der Waals surface area contributed by atoms with E-state index in [1.54, 1.807) is 0 Å². The van der Waals surface area contributed by atoms with Crippen LogP contribution in [0.25, 0.3) is 0 Å². The fraction of sp³-hybridized carbons (Fsp3) is 0. The van der Waals surface area contributed by atoms with Gasteiger partial charge in [0.2, 0.25) is 12.2 Å². The van der Waals surface area contributed by atoms with Gasteiger partial charge in [0.1, 0.15) is 0 Å². The molecule has 0 fully saturated rings. The summed E-state index contributed by atoms with van der Waals surface area (Å²) in [4.78, 5) is 36.0. The number of hydrogen-bond donors (Lipinski definition) is 0. The molecule has 15 heavy (non-hydrogen) atoms. The van der Waals surface area contributed by atoms with Crippen molar-refractivity contribution >= 4 is 29.2 Å². The molecule has 1 aromatic rings. The standard InChI is InChI=1S/C8H3N3O4/c12-4-9-6-1-2-7(10-5-13)8(3-6)11(14)15/h1-3H. The molecule has 74 valence electrons. The number of hydrogen-bond acceptors (Lipinski definition) is 6. The minimum atomic E-state index is -0.736. The third-order valence-electron chi connectivity index (χ3n) is 1.50. The van der Waals surface area contributed by atoms with Crippen LogP contribution in [0.5, 0.6) is 0 Å². The Bertz CT molecular complexity index is 499. The second-order valence-corrected chi connectivity index (χ2v) is 2.34. The smallest absolute Gasteiger partial charge is 0.258 e. The molecule has 7 nitrogen and oxygen atoms in total. The van der Waals surface area contributed by atoms with Crippen molar-refractivity contribution < 1.29 is 14.5 Å². The summed E-state index contributed by atoms with van der Waals surface area (Å²) in [7, 11) is 0. The lowest BCUT2D eigenvalue weighted by Crippen LogP contribution is -1.87. The lowest BCUT2D eigenvalue weighted by Gasteiger charge is -1.95. The third-order valence-corrected chi connectivity index (χ3v) is 1.50. The highest BCUT2D eigenvalue weighted by atomic mass is 16.6. The molecule has 0 N–H and O–H groups in total. The van der Waals surface area contributed by atoms with Gasteiger partial charge in [-0.1, -0.05) is 0 Å². The van der Waals surface area contributed by atoms with Crippen molar-refractivity contribution in [3.63, 3.8) is 0 Å². The topological polar surface area (TPSA) is 102 Å². The second kappa shape index (κ2) is 4.57. The van der Waals surface area contributed by atoms with E-state index in [4.69, 9.17) is 0 Å². The van der Waals surface area contributed by atoms with Gasteiger partial charge in [-0.15, -0.1) is 0 Å². The van der Waals surface area contributed by atoms with Crippen molar-refractivity contribution in [3.8, 4) is 0 Å². The lowest BCUT2D eigenvalue weighted by molar-refractivity contribution is -0.384. The normalized spacial score (nSPS) is 8.53. The van der Waals surface area contributed by atoms with E-state index in [-0.39, 0.29) is 11.4 Å². The van der Waals surface area contributed by atoms with Crippen LogP contribution in [0.3, 0.4) is 0 Å². The van der Waals surface area contributed by atoms with Crippen LogP contribution >= 0.6 is 0 Å². The van der Waals surface area contributed by atoms with Gasteiger partial charge in [0.05, 0.1) is 10.6 Å².